The van der Waals surface area contributed by atoms with Crippen LogP contribution in [-0.4, -0.2) is 35.7 Å². The summed E-state index contributed by atoms with van der Waals surface area (Å²) in [7, 11) is 0. The number of phenols is 1. The van der Waals surface area contributed by atoms with E-state index in [9.17, 15) is 5.11 Å². The Morgan fingerprint density at radius 2 is 1.76 bits per heavy atom. The third-order valence-corrected chi connectivity index (χ3v) is 5.15. The highest BCUT2D eigenvalue weighted by Crippen LogP contribution is 2.26. The van der Waals surface area contributed by atoms with Crippen molar-refractivity contribution < 1.29 is 5.11 Å². The number of hydrogen-bond donors (Lipinski definition) is 2. The van der Waals surface area contributed by atoms with Crippen LogP contribution in [0, 0.1) is 5.92 Å². The quantitative estimate of drug-likeness (QED) is 0.874. The number of likely N-dealkylation sites (tertiary alicyclic amines) is 1. The van der Waals surface area contributed by atoms with Crippen molar-refractivity contribution in [2.45, 2.75) is 51.1 Å². The minimum absolute atomic E-state index is 0.406. The second kappa shape index (κ2) is 7.28. The summed E-state index contributed by atoms with van der Waals surface area (Å²) < 4.78 is 0. The molecular weight excluding hydrogens is 260 g/mol. The lowest BCUT2D eigenvalue weighted by molar-refractivity contribution is 0.172. The molecule has 1 aromatic rings. The van der Waals surface area contributed by atoms with Crippen LogP contribution in [0.2, 0.25) is 0 Å². The molecule has 2 fully saturated rings. The number of hydrogen-bond acceptors (Lipinski definition) is 3. The van der Waals surface area contributed by atoms with Crippen LogP contribution in [-0.2, 0) is 6.54 Å². The van der Waals surface area contributed by atoms with Crippen LogP contribution >= 0.6 is 0 Å². The first-order valence-electron chi connectivity index (χ1n) is 8.54. The van der Waals surface area contributed by atoms with Crippen molar-refractivity contribution in [3.05, 3.63) is 29.8 Å². The molecule has 1 aromatic carbocycles. The smallest absolute Gasteiger partial charge is 0.120 e. The van der Waals surface area contributed by atoms with E-state index in [2.05, 4.69) is 10.2 Å². The first-order chi connectivity index (χ1) is 10.3. The molecule has 116 valence electrons. The van der Waals surface area contributed by atoms with Gasteiger partial charge in [-0.05, 0) is 50.8 Å². The Bertz CT molecular complexity index is 435. The second-order valence-electron chi connectivity index (χ2n) is 6.73. The number of phenolic OH excluding ortho intramolecular Hbond substituents is 1. The average molecular weight is 288 g/mol. The largest absolute Gasteiger partial charge is 0.508 e. The van der Waals surface area contributed by atoms with Crippen molar-refractivity contribution in [1.29, 1.82) is 0 Å². The topological polar surface area (TPSA) is 35.5 Å². The fraction of sp³-hybridized carbons (Fsp3) is 0.667. The molecule has 1 saturated carbocycles. The highest BCUT2D eigenvalue weighted by Gasteiger charge is 2.23. The normalized spacial score (nSPS) is 21.9. The van der Waals surface area contributed by atoms with Crippen LogP contribution < -0.4 is 5.32 Å². The lowest BCUT2D eigenvalue weighted by Crippen LogP contribution is -2.43. The van der Waals surface area contributed by atoms with Gasteiger partial charge in [-0.15, -0.1) is 0 Å². The summed E-state index contributed by atoms with van der Waals surface area (Å²) >= 11 is 0. The number of benzene rings is 1. The summed E-state index contributed by atoms with van der Waals surface area (Å²) in [5.74, 6) is 1.37. The zero-order chi connectivity index (χ0) is 14.5. The van der Waals surface area contributed by atoms with Crippen LogP contribution in [0.25, 0.3) is 0 Å². The molecule has 3 nitrogen and oxygen atoms in total. The minimum atomic E-state index is 0.406. The molecule has 1 saturated heterocycles. The maximum absolute atomic E-state index is 9.79. The van der Waals surface area contributed by atoms with Gasteiger partial charge in [-0.25, -0.2) is 0 Å². The molecule has 0 amide bonds. The first-order valence-corrected chi connectivity index (χ1v) is 8.54. The van der Waals surface area contributed by atoms with Gasteiger partial charge in [0.2, 0.25) is 0 Å². The van der Waals surface area contributed by atoms with Crippen LogP contribution in [0.5, 0.6) is 5.75 Å². The molecule has 0 bridgehead atoms. The van der Waals surface area contributed by atoms with E-state index >= 15 is 0 Å². The molecule has 1 aliphatic heterocycles. The van der Waals surface area contributed by atoms with Crippen molar-refractivity contribution in [3.8, 4) is 5.75 Å². The van der Waals surface area contributed by atoms with Gasteiger partial charge in [-0.2, -0.15) is 0 Å². The van der Waals surface area contributed by atoms with Gasteiger partial charge < -0.3 is 15.3 Å². The van der Waals surface area contributed by atoms with E-state index in [1.165, 1.54) is 58.2 Å². The van der Waals surface area contributed by atoms with Crippen LogP contribution in [0.1, 0.15) is 44.1 Å². The van der Waals surface area contributed by atoms with Crippen LogP contribution in [0.3, 0.4) is 0 Å². The lowest BCUT2D eigenvalue weighted by Gasteiger charge is -2.34. The number of piperidine rings is 1. The van der Waals surface area contributed by atoms with Gasteiger partial charge in [0, 0.05) is 24.7 Å². The highest BCUT2D eigenvalue weighted by atomic mass is 16.3. The molecule has 21 heavy (non-hydrogen) atoms. The molecule has 1 heterocycles. The van der Waals surface area contributed by atoms with E-state index < -0.39 is 0 Å². The van der Waals surface area contributed by atoms with Gasteiger partial charge in [0.25, 0.3) is 0 Å². The molecule has 2 N–H and O–H groups in total. The molecule has 3 rings (SSSR count). The zero-order valence-corrected chi connectivity index (χ0v) is 12.9. The Morgan fingerprint density at radius 3 is 2.48 bits per heavy atom. The number of nitrogens with one attached hydrogen (secondary N) is 1. The molecule has 1 aliphatic carbocycles. The summed E-state index contributed by atoms with van der Waals surface area (Å²) in [6.07, 6.45) is 8.27. The van der Waals surface area contributed by atoms with Crippen LogP contribution in [0.4, 0.5) is 0 Å². The van der Waals surface area contributed by atoms with Gasteiger partial charge in [0.05, 0.1) is 0 Å². The van der Waals surface area contributed by atoms with E-state index in [0.29, 0.717) is 11.8 Å². The van der Waals surface area contributed by atoms with Gasteiger partial charge in [0.1, 0.15) is 5.75 Å². The third-order valence-electron chi connectivity index (χ3n) is 5.15. The maximum atomic E-state index is 9.79. The summed E-state index contributed by atoms with van der Waals surface area (Å²) in [5.41, 5.74) is 1.01. The third kappa shape index (κ3) is 4.21. The van der Waals surface area contributed by atoms with E-state index in [-0.39, 0.29) is 0 Å². The zero-order valence-electron chi connectivity index (χ0n) is 12.9. The van der Waals surface area contributed by atoms with Gasteiger partial charge in [-0.1, -0.05) is 31.0 Å². The minimum Gasteiger partial charge on any atom is -0.508 e. The predicted molar refractivity (Wildman–Crippen MR) is 86.4 cm³/mol. The highest BCUT2D eigenvalue weighted by molar-refractivity contribution is 5.31. The summed E-state index contributed by atoms with van der Waals surface area (Å²) in [6, 6.07) is 8.23. The molecule has 3 heteroatoms. The molecule has 0 spiro atoms. The molecule has 0 atom stereocenters. The van der Waals surface area contributed by atoms with E-state index in [0.717, 1.165) is 18.0 Å². The number of rotatable bonds is 5. The Labute approximate surface area is 128 Å². The lowest BCUT2D eigenvalue weighted by atomic mass is 10.0. The van der Waals surface area contributed by atoms with E-state index in [1.807, 2.05) is 18.2 Å². The molecule has 2 aliphatic rings. The van der Waals surface area contributed by atoms with Crippen LogP contribution in [0.15, 0.2) is 24.3 Å². The fourth-order valence-corrected chi connectivity index (χ4v) is 3.79. The standard InChI is InChI=1S/C18H28N2O/c21-18-8-4-3-7-16(18)13-19-17-9-11-20(12-10-17)14-15-5-1-2-6-15/h3-4,7-8,15,17,19,21H,1-2,5-6,9-14H2. The van der Waals surface area contributed by atoms with Gasteiger partial charge in [0.15, 0.2) is 0 Å². The number of para-hydroxylation sites is 1. The van der Waals surface area contributed by atoms with Gasteiger partial charge >= 0.3 is 0 Å². The SMILES string of the molecule is Oc1ccccc1CNC1CCN(CC2CCCC2)CC1. The molecular formula is C18H28N2O. The summed E-state index contributed by atoms with van der Waals surface area (Å²) in [6.45, 7) is 4.57. The van der Waals surface area contributed by atoms with Crippen molar-refractivity contribution in [3.63, 3.8) is 0 Å². The van der Waals surface area contributed by atoms with Gasteiger partial charge in [-0.3, -0.25) is 0 Å². The Morgan fingerprint density at radius 1 is 1.05 bits per heavy atom. The fourth-order valence-electron chi connectivity index (χ4n) is 3.79. The number of aromatic hydroxyl groups is 1. The Balaban J connectivity index is 1.38. The summed E-state index contributed by atoms with van der Waals surface area (Å²) in [4.78, 5) is 2.66. The number of nitrogens with zero attached hydrogens (tertiary/aromatic N) is 1. The molecule has 0 aromatic heterocycles. The predicted octanol–water partition coefficient (Wildman–Crippen LogP) is 3.14. The van der Waals surface area contributed by atoms with Crippen molar-refractivity contribution >= 4 is 0 Å². The van der Waals surface area contributed by atoms with Crippen molar-refractivity contribution in [2.24, 2.45) is 5.92 Å². The first kappa shape index (κ1) is 14.9. The van der Waals surface area contributed by atoms with E-state index in [4.69, 9.17) is 0 Å². The Hall–Kier alpha value is -1.06. The van der Waals surface area contributed by atoms with Crippen molar-refractivity contribution in [1.82, 2.24) is 10.2 Å². The Kier molecular flexibility index (Phi) is 5.15. The monoisotopic (exact) mass is 288 g/mol. The van der Waals surface area contributed by atoms with Crippen molar-refractivity contribution in [2.75, 3.05) is 19.6 Å². The summed E-state index contributed by atoms with van der Waals surface area (Å²) in [5, 5.41) is 13.4. The van der Waals surface area contributed by atoms with E-state index in [1.54, 1.807) is 6.07 Å². The maximum Gasteiger partial charge on any atom is 0.120 e. The molecule has 0 radical (unpaired) electrons. The second-order valence-corrected chi connectivity index (χ2v) is 6.73. The molecule has 0 unspecified atom stereocenters. The average Bonchev–Trinajstić information content (AvgIpc) is 3.01.